The lowest BCUT2D eigenvalue weighted by atomic mass is 10.0. The average molecular weight is 686 g/mol. The minimum atomic E-state index is -3.84. The lowest BCUT2D eigenvalue weighted by Gasteiger charge is -2.32. The molecular formula is C37H49F2N3O5S. The minimum Gasteiger partial charge on any atom is -0.390 e. The lowest BCUT2D eigenvalue weighted by Crippen LogP contribution is -2.55. The Labute approximate surface area is 283 Å². The van der Waals surface area contributed by atoms with Crippen LogP contribution in [0.4, 0.5) is 8.78 Å². The molecule has 0 spiro atoms. The number of carbonyl (C=O) groups excluding carboxylic acids is 2. The topological polar surface area (TPSA) is 130 Å². The minimum absolute atomic E-state index is 0.00347. The molecule has 11 heteroatoms. The van der Waals surface area contributed by atoms with Crippen molar-refractivity contribution < 1.29 is 31.9 Å². The quantitative estimate of drug-likeness (QED) is 0.165. The van der Waals surface area contributed by atoms with Gasteiger partial charge in [-0.2, -0.15) is 0 Å². The Hall–Kier alpha value is -3.67. The summed E-state index contributed by atoms with van der Waals surface area (Å²) in [6.45, 7) is 5.48. The van der Waals surface area contributed by atoms with E-state index in [-0.39, 0.29) is 31.5 Å². The molecule has 0 saturated heterocycles. The molecule has 0 aromatic heterocycles. The standard InChI is InChI=1S/C37H49F2N3O5S/c1-4-11-32(12-5-2)48(46,47)25-34(41-36(44)21-27-13-8-7-9-14-27)37(45)42(23-28-16-10-15-26(6-3)17-28)24-35(43)33(40)20-29-18-30(38)22-31(39)19-29/h7-10,13-19,22,32-35,43H,4-6,11-12,20-21,23-25,40H2,1-3H3,(H,41,44)/t33-,34?,35+/m0/s1. The normalized spacial score (nSPS) is 13.6. The van der Waals surface area contributed by atoms with E-state index in [1.165, 1.54) is 4.90 Å². The largest absolute Gasteiger partial charge is 0.390 e. The number of aliphatic hydroxyl groups excluding tert-OH is 1. The van der Waals surface area contributed by atoms with E-state index in [9.17, 15) is 31.9 Å². The number of hydrogen-bond donors (Lipinski definition) is 3. The smallest absolute Gasteiger partial charge is 0.246 e. The van der Waals surface area contributed by atoms with Gasteiger partial charge in [-0.15, -0.1) is 0 Å². The molecule has 3 aromatic rings. The average Bonchev–Trinajstić information content (AvgIpc) is 3.03. The van der Waals surface area contributed by atoms with E-state index in [1.807, 2.05) is 51.1 Å². The molecule has 1 unspecified atom stereocenters. The summed E-state index contributed by atoms with van der Waals surface area (Å²) in [6, 6.07) is 17.0. The Balaban J connectivity index is 1.96. The highest BCUT2D eigenvalue weighted by Crippen LogP contribution is 2.19. The molecular weight excluding hydrogens is 636 g/mol. The number of aliphatic hydroxyl groups is 1. The zero-order valence-electron chi connectivity index (χ0n) is 28.1. The molecule has 4 N–H and O–H groups in total. The van der Waals surface area contributed by atoms with Crippen LogP contribution in [0.2, 0.25) is 0 Å². The summed E-state index contributed by atoms with van der Waals surface area (Å²) in [4.78, 5) is 29.0. The summed E-state index contributed by atoms with van der Waals surface area (Å²) in [5.74, 6) is -3.36. The number of nitrogens with zero attached hydrogens (tertiary/aromatic N) is 1. The van der Waals surface area contributed by atoms with Crippen LogP contribution in [-0.2, 0) is 45.2 Å². The van der Waals surface area contributed by atoms with E-state index < -0.39 is 62.5 Å². The summed E-state index contributed by atoms with van der Waals surface area (Å²) >= 11 is 0. The fourth-order valence-corrected chi connectivity index (χ4v) is 7.99. The van der Waals surface area contributed by atoms with Gasteiger partial charge in [0.05, 0.1) is 23.5 Å². The number of hydrogen-bond acceptors (Lipinski definition) is 6. The first kappa shape index (κ1) is 38.8. The molecule has 262 valence electrons. The summed E-state index contributed by atoms with van der Waals surface area (Å²) in [5.41, 5.74) is 8.98. The van der Waals surface area contributed by atoms with Gasteiger partial charge >= 0.3 is 0 Å². The highest BCUT2D eigenvalue weighted by atomic mass is 32.2. The third-order valence-electron chi connectivity index (χ3n) is 8.35. The Morgan fingerprint density at radius 3 is 2.06 bits per heavy atom. The van der Waals surface area contributed by atoms with Crippen LogP contribution in [0, 0.1) is 11.6 Å². The van der Waals surface area contributed by atoms with E-state index in [2.05, 4.69) is 5.32 Å². The molecule has 8 nitrogen and oxygen atoms in total. The van der Waals surface area contributed by atoms with Gasteiger partial charge in [0.15, 0.2) is 9.84 Å². The van der Waals surface area contributed by atoms with Crippen LogP contribution in [0.1, 0.15) is 68.7 Å². The number of sulfone groups is 1. The SMILES string of the molecule is CCCC(CCC)S(=O)(=O)CC(NC(=O)Cc1ccccc1)C(=O)N(Cc1cccc(CC)c1)C[C@@H](O)[C@@H](N)Cc1cc(F)cc(F)c1. The number of nitrogens with two attached hydrogens (primary N) is 1. The van der Waals surface area contributed by atoms with Gasteiger partial charge in [0, 0.05) is 25.2 Å². The van der Waals surface area contributed by atoms with E-state index in [1.54, 1.807) is 24.3 Å². The predicted octanol–water partition coefficient (Wildman–Crippen LogP) is 4.90. The van der Waals surface area contributed by atoms with E-state index in [4.69, 9.17) is 5.73 Å². The van der Waals surface area contributed by atoms with Crippen LogP contribution >= 0.6 is 0 Å². The number of carbonyl (C=O) groups is 2. The summed E-state index contributed by atoms with van der Waals surface area (Å²) in [5, 5.41) is 13.2. The Bertz CT molecular complexity index is 1560. The summed E-state index contributed by atoms with van der Waals surface area (Å²) < 4.78 is 55.2. The first-order valence-electron chi connectivity index (χ1n) is 16.6. The number of aryl methyl sites for hydroxylation is 1. The molecule has 2 amide bonds. The molecule has 0 aliphatic heterocycles. The van der Waals surface area contributed by atoms with Gasteiger partial charge in [0.1, 0.15) is 17.7 Å². The van der Waals surface area contributed by atoms with E-state index in [0.717, 1.165) is 35.7 Å². The molecule has 0 saturated carbocycles. The van der Waals surface area contributed by atoms with E-state index >= 15 is 0 Å². The maximum atomic E-state index is 14.4. The van der Waals surface area contributed by atoms with Gasteiger partial charge in [-0.1, -0.05) is 88.2 Å². The van der Waals surface area contributed by atoms with Crippen molar-refractivity contribution >= 4 is 21.7 Å². The molecule has 0 radical (unpaired) electrons. The fourth-order valence-electron chi connectivity index (χ4n) is 5.84. The second-order valence-corrected chi connectivity index (χ2v) is 14.7. The predicted molar refractivity (Wildman–Crippen MR) is 185 cm³/mol. The van der Waals surface area contributed by atoms with Crippen molar-refractivity contribution in [2.45, 2.75) is 95.7 Å². The third-order valence-corrected chi connectivity index (χ3v) is 10.6. The maximum absolute atomic E-state index is 14.4. The van der Waals surface area contributed by atoms with Crippen molar-refractivity contribution in [3.8, 4) is 0 Å². The van der Waals surface area contributed by atoms with Gasteiger partial charge in [-0.25, -0.2) is 17.2 Å². The van der Waals surface area contributed by atoms with Crippen molar-refractivity contribution in [3.05, 3.63) is 107 Å². The number of amides is 2. The van der Waals surface area contributed by atoms with Crippen molar-refractivity contribution in [2.24, 2.45) is 5.73 Å². The highest BCUT2D eigenvalue weighted by molar-refractivity contribution is 7.92. The summed E-state index contributed by atoms with van der Waals surface area (Å²) in [6.07, 6.45) is 1.39. The first-order valence-corrected chi connectivity index (χ1v) is 18.4. The van der Waals surface area contributed by atoms with Gasteiger partial charge < -0.3 is 21.1 Å². The number of benzene rings is 3. The van der Waals surface area contributed by atoms with Crippen LogP contribution in [0.15, 0.2) is 72.8 Å². The van der Waals surface area contributed by atoms with Crippen LogP contribution in [0.25, 0.3) is 0 Å². The molecule has 0 aliphatic rings. The molecule has 3 atom stereocenters. The zero-order valence-corrected chi connectivity index (χ0v) is 28.9. The molecule has 0 fully saturated rings. The van der Waals surface area contributed by atoms with E-state index in [0.29, 0.717) is 31.2 Å². The Morgan fingerprint density at radius 2 is 1.46 bits per heavy atom. The molecule has 0 heterocycles. The second-order valence-electron chi connectivity index (χ2n) is 12.4. The number of nitrogens with one attached hydrogen (secondary N) is 1. The highest BCUT2D eigenvalue weighted by Gasteiger charge is 2.35. The molecule has 48 heavy (non-hydrogen) atoms. The summed E-state index contributed by atoms with van der Waals surface area (Å²) in [7, 11) is -3.84. The van der Waals surface area contributed by atoms with Gasteiger partial charge in [-0.3, -0.25) is 9.59 Å². The molecule has 3 aromatic carbocycles. The van der Waals surface area contributed by atoms with Crippen molar-refractivity contribution in [3.63, 3.8) is 0 Å². The van der Waals surface area contributed by atoms with Crippen molar-refractivity contribution in [2.75, 3.05) is 12.3 Å². The monoisotopic (exact) mass is 685 g/mol. The Kier molecular flexibility index (Phi) is 15.2. The van der Waals surface area contributed by atoms with Crippen LogP contribution in [-0.4, -0.2) is 66.0 Å². The molecule has 0 bridgehead atoms. The van der Waals surface area contributed by atoms with Crippen LogP contribution < -0.4 is 11.1 Å². The van der Waals surface area contributed by atoms with Gasteiger partial charge in [0.25, 0.3) is 0 Å². The number of halogens is 2. The molecule has 3 rings (SSSR count). The molecule has 0 aliphatic carbocycles. The van der Waals surface area contributed by atoms with Crippen molar-refractivity contribution in [1.82, 2.24) is 10.2 Å². The fraction of sp³-hybridized carbons (Fsp3) is 0.459. The zero-order chi connectivity index (χ0) is 35.3. The third kappa shape index (κ3) is 12.1. The lowest BCUT2D eigenvalue weighted by molar-refractivity contribution is -0.137. The van der Waals surface area contributed by atoms with Crippen molar-refractivity contribution in [1.29, 1.82) is 0 Å². The van der Waals surface area contributed by atoms with Crippen LogP contribution in [0.5, 0.6) is 0 Å². The number of rotatable bonds is 19. The Morgan fingerprint density at radius 1 is 0.854 bits per heavy atom. The van der Waals surface area contributed by atoms with Crippen LogP contribution in [0.3, 0.4) is 0 Å². The second kappa shape index (κ2) is 18.8. The maximum Gasteiger partial charge on any atom is 0.246 e. The first-order chi connectivity index (χ1) is 22.8. The van der Waals surface area contributed by atoms with Gasteiger partial charge in [0.2, 0.25) is 11.8 Å². The van der Waals surface area contributed by atoms with Gasteiger partial charge in [-0.05, 0) is 60.1 Å².